The van der Waals surface area contributed by atoms with Crippen LogP contribution in [-0.2, 0) is 19.3 Å². The summed E-state index contributed by atoms with van der Waals surface area (Å²) in [6.07, 6.45) is -0.127. The molecule has 0 bridgehead atoms. The Hall–Kier alpha value is -0.170. The maximum absolute atomic E-state index is 11.2. The number of hydrogen-bond acceptors (Lipinski definition) is 5. The van der Waals surface area contributed by atoms with Crippen LogP contribution >= 0.6 is 0 Å². The lowest BCUT2D eigenvalue weighted by Crippen LogP contribution is -2.24. The number of sulfone groups is 1. The van der Waals surface area contributed by atoms with Gasteiger partial charge in [-0.2, -0.15) is 0 Å². The summed E-state index contributed by atoms with van der Waals surface area (Å²) in [4.78, 5) is 0. The molecule has 2 rings (SSSR count). The van der Waals surface area contributed by atoms with Crippen molar-refractivity contribution < 1.29 is 23.0 Å². The summed E-state index contributed by atoms with van der Waals surface area (Å²) in [6, 6.07) is 0. The molecule has 2 aliphatic heterocycles. The van der Waals surface area contributed by atoms with Crippen LogP contribution in [0.25, 0.3) is 0 Å². The molecule has 5 nitrogen and oxygen atoms in total. The molecule has 2 saturated heterocycles. The van der Waals surface area contributed by atoms with Gasteiger partial charge in [-0.1, -0.05) is 0 Å². The Morgan fingerprint density at radius 2 is 2.21 bits per heavy atom. The molecule has 0 aromatic rings. The number of hydrogen-bond donors (Lipinski definition) is 1. The lowest BCUT2D eigenvalue weighted by Gasteiger charge is -2.15. The number of aliphatic hydroxyl groups excluding tert-OH is 1. The Morgan fingerprint density at radius 1 is 1.43 bits per heavy atom. The molecule has 3 unspecified atom stereocenters. The Bertz CT molecular complexity index is 299. The van der Waals surface area contributed by atoms with Gasteiger partial charge in [-0.15, -0.1) is 0 Å². The van der Waals surface area contributed by atoms with Gasteiger partial charge in [0.15, 0.2) is 16.1 Å². The average molecular weight is 222 g/mol. The molecule has 2 fully saturated rings. The maximum Gasteiger partial charge on any atom is 0.162 e. The van der Waals surface area contributed by atoms with E-state index in [4.69, 9.17) is 14.6 Å². The molecule has 0 aliphatic carbocycles. The first-order valence-corrected chi connectivity index (χ1v) is 6.51. The van der Waals surface area contributed by atoms with Crippen LogP contribution in [0.5, 0.6) is 0 Å². The zero-order valence-corrected chi connectivity index (χ0v) is 8.57. The van der Waals surface area contributed by atoms with Crippen LogP contribution in [0.4, 0.5) is 0 Å². The highest BCUT2D eigenvalue weighted by molar-refractivity contribution is 7.91. The largest absolute Gasteiger partial charge is 0.394 e. The van der Waals surface area contributed by atoms with Crippen molar-refractivity contribution in [1.82, 2.24) is 0 Å². The molecule has 0 amide bonds. The Kier molecular flexibility index (Phi) is 2.79. The van der Waals surface area contributed by atoms with Crippen LogP contribution in [0, 0.1) is 5.92 Å². The van der Waals surface area contributed by atoms with Crippen molar-refractivity contribution in [2.24, 2.45) is 5.92 Å². The van der Waals surface area contributed by atoms with Crippen LogP contribution < -0.4 is 0 Å². The Labute approximate surface area is 82.9 Å². The minimum absolute atomic E-state index is 0.0588. The van der Waals surface area contributed by atoms with Gasteiger partial charge >= 0.3 is 0 Å². The van der Waals surface area contributed by atoms with E-state index in [0.29, 0.717) is 13.0 Å². The molecule has 2 heterocycles. The molecule has 0 spiro atoms. The molecule has 0 aromatic heterocycles. The summed E-state index contributed by atoms with van der Waals surface area (Å²) >= 11 is 0. The second-order valence-electron chi connectivity index (χ2n) is 3.81. The van der Waals surface area contributed by atoms with Gasteiger partial charge in [-0.25, -0.2) is 8.42 Å². The first-order valence-electron chi connectivity index (χ1n) is 4.69. The molecule has 0 radical (unpaired) electrons. The van der Waals surface area contributed by atoms with Crippen molar-refractivity contribution >= 4 is 9.84 Å². The third kappa shape index (κ3) is 2.08. The van der Waals surface area contributed by atoms with E-state index < -0.39 is 16.1 Å². The Balaban J connectivity index is 1.92. The minimum Gasteiger partial charge on any atom is -0.394 e. The van der Waals surface area contributed by atoms with Crippen molar-refractivity contribution in [1.29, 1.82) is 0 Å². The highest BCUT2D eigenvalue weighted by atomic mass is 32.2. The van der Waals surface area contributed by atoms with Gasteiger partial charge in [0.2, 0.25) is 0 Å². The lowest BCUT2D eigenvalue weighted by atomic mass is 10.1. The van der Waals surface area contributed by atoms with Gasteiger partial charge in [0.05, 0.1) is 24.7 Å². The maximum atomic E-state index is 11.2. The number of ether oxygens (including phenoxy) is 2. The van der Waals surface area contributed by atoms with Crippen molar-refractivity contribution in [3.8, 4) is 0 Å². The summed E-state index contributed by atoms with van der Waals surface area (Å²) in [5, 5.41) is 8.81. The van der Waals surface area contributed by atoms with Crippen molar-refractivity contribution in [2.75, 3.05) is 24.7 Å². The first kappa shape index (κ1) is 10.4. The average Bonchev–Trinajstić information content (AvgIpc) is 2.70. The van der Waals surface area contributed by atoms with E-state index in [1.54, 1.807) is 0 Å². The highest BCUT2D eigenvalue weighted by Gasteiger charge is 2.39. The van der Waals surface area contributed by atoms with Gasteiger partial charge in [0.1, 0.15) is 6.10 Å². The molecule has 3 atom stereocenters. The fourth-order valence-corrected chi connectivity index (χ4v) is 3.66. The zero-order chi connectivity index (χ0) is 10.2. The van der Waals surface area contributed by atoms with Gasteiger partial charge in [-0.3, -0.25) is 0 Å². The summed E-state index contributed by atoms with van der Waals surface area (Å²) in [7, 11) is -2.88. The van der Waals surface area contributed by atoms with Gasteiger partial charge in [0.25, 0.3) is 0 Å². The highest BCUT2D eigenvalue weighted by Crippen LogP contribution is 2.28. The van der Waals surface area contributed by atoms with Crippen LogP contribution in [0.2, 0.25) is 0 Å². The van der Waals surface area contributed by atoms with Crippen molar-refractivity contribution in [3.05, 3.63) is 0 Å². The third-order valence-electron chi connectivity index (χ3n) is 2.63. The summed E-state index contributed by atoms with van der Waals surface area (Å²) in [5.41, 5.74) is 0. The van der Waals surface area contributed by atoms with Crippen molar-refractivity contribution in [3.63, 3.8) is 0 Å². The molecule has 14 heavy (non-hydrogen) atoms. The first-order chi connectivity index (χ1) is 6.61. The zero-order valence-electron chi connectivity index (χ0n) is 7.76. The SMILES string of the molecule is O=S1(=O)CCC(C2OCC(CO)O2)C1. The van der Waals surface area contributed by atoms with E-state index in [9.17, 15) is 8.42 Å². The monoisotopic (exact) mass is 222 g/mol. The predicted molar refractivity (Wildman–Crippen MR) is 48.5 cm³/mol. The van der Waals surface area contributed by atoms with E-state index in [1.165, 1.54) is 0 Å². The standard InChI is InChI=1S/C8H14O5S/c9-3-7-4-12-8(13-7)6-1-2-14(10,11)5-6/h6-9H,1-5H2. The van der Waals surface area contributed by atoms with Gasteiger partial charge in [0, 0.05) is 5.92 Å². The van der Waals surface area contributed by atoms with E-state index in [-0.39, 0.29) is 30.1 Å². The smallest absolute Gasteiger partial charge is 0.162 e. The molecular formula is C8H14O5S. The molecule has 6 heteroatoms. The van der Waals surface area contributed by atoms with Crippen LogP contribution in [0.1, 0.15) is 6.42 Å². The van der Waals surface area contributed by atoms with E-state index >= 15 is 0 Å². The van der Waals surface area contributed by atoms with Gasteiger partial charge < -0.3 is 14.6 Å². The van der Waals surface area contributed by atoms with Crippen LogP contribution in [-0.4, -0.2) is 50.6 Å². The second kappa shape index (κ2) is 3.77. The van der Waals surface area contributed by atoms with Gasteiger partial charge in [-0.05, 0) is 6.42 Å². The molecule has 82 valence electrons. The number of rotatable bonds is 2. The Morgan fingerprint density at radius 3 is 2.71 bits per heavy atom. The molecule has 0 aromatic carbocycles. The summed E-state index contributed by atoms with van der Waals surface area (Å²) in [5.74, 6) is 0.317. The molecule has 2 aliphatic rings. The van der Waals surface area contributed by atoms with Crippen LogP contribution in [0.15, 0.2) is 0 Å². The lowest BCUT2D eigenvalue weighted by molar-refractivity contribution is -0.0952. The molecule has 0 saturated carbocycles. The molecular weight excluding hydrogens is 208 g/mol. The predicted octanol–water partition coefficient (Wildman–Crippen LogP) is -0.845. The van der Waals surface area contributed by atoms with E-state index in [0.717, 1.165) is 0 Å². The fourth-order valence-electron chi connectivity index (χ4n) is 1.85. The second-order valence-corrected chi connectivity index (χ2v) is 6.03. The number of aliphatic hydroxyl groups is 1. The summed E-state index contributed by atoms with van der Waals surface area (Å²) in [6.45, 7) is 0.285. The third-order valence-corrected chi connectivity index (χ3v) is 4.42. The summed E-state index contributed by atoms with van der Waals surface area (Å²) < 4.78 is 33.0. The fraction of sp³-hybridized carbons (Fsp3) is 1.00. The normalized spacial score (nSPS) is 41.6. The quantitative estimate of drug-likeness (QED) is 0.659. The topological polar surface area (TPSA) is 72.8 Å². The van der Waals surface area contributed by atoms with E-state index in [1.807, 2.05) is 0 Å². The van der Waals surface area contributed by atoms with Crippen molar-refractivity contribution in [2.45, 2.75) is 18.8 Å². The van der Waals surface area contributed by atoms with E-state index in [2.05, 4.69) is 0 Å². The molecule has 1 N–H and O–H groups in total. The van der Waals surface area contributed by atoms with Crippen LogP contribution in [0.3, 0.4) is 0 Å². The minimum atomic E-state index is -2.88.